The molecule has 0 spiro atoms. The van der Waals surface area contributed by atoms with Crippen molar-refractivity contribution in [1.29, 1.82) is 0 Å². The Balaban J connectivity index is 0.00000280. The van der Waals surface area contributed by atoms with E-state index in [1.807, 2.05) is 11.8 Å². The molecule has 1 aromatic carbocycles. The normalized spacial score (nSPS) is 20.2. The molecule has 2 fully saturated rings. The molecule has 1 heterocycles. The second-order valence-electron chi connectivity index (χ2n) is 7.33. The molecule has 1 atom stereocenters. The fraction of sp³-hybridized carbons (Fsp3) is 0.600. The summed E-state index contributed by atoms with van der Waals surface area (Å²) in [4.78, 5) is 19.2. The number of nitrogens with one attached hydrogen (secondary N) is 2. The topological polar surface area (TPSA) is 56.7 Å². The Kier molecular flexibility index (Phi) is 9.46. The molecular weight excluding hydrogens is 538 g/mol. The van der Waals surface area contributed by atoms with Crippen molar-refractivity contribution in [1.82, 2.24) is 15.5 Å². The minimum atomic E-state index is -0.266. The Morgan fingerprint density at radius 2 is 2.07 bits per heavy atom. The van der Waals surface area contributed by atoms with Gasteiger partial charge in [0.05, 0.1) is 6.54 Å². The van der Waals surface area contributed by atoms with Gasteiger partial charge >= 0.3 is 0 Å². The van der Waals surface area contributed by atoms with Gasteiger partial charge in [0.15, 0.2) is 5.96 Å². The fourth-order valence-electron chi connectivity index (χ4n) is 3.85. The van der Waals surface area contributed by atoms with Crippen LogP contribution in [0.2, 0.25) is 0 Å². The zero-order valence-electron chi connectivity index (χ0n) is 16.2. The molecule has 1 aliphatic carbocycles. The number of amides is 1. The van der Waals surface area contributed by atoms with Crippen LogP contribution in [-0.2, 0) is 11.3 Å². The van der Waals surface area contributed by atoms with Crippen LogP contribution in [0, 0.1) is 11.7 Å². The second kappa shape index (κ2) is 11.3. The van der Waals surface area contributed by atoms with Gasteiger partial charge in [0.1, 0.15) is 5.82 Å². The van der Waals surface area contributed by atoms with E-state index >= 15 is 0 Å². The summed E-state index contributed by atoms with van der Waals surface area (Å²) < 4.78 is 14.3. The fourth-order valence-corrected chi connectivity index (χ4v) is 4.22. The third kappa shape index (κ3) is 6.30. The predicted molar refractivity (Wildman–Crippen MR) is 124 cm³/mol. The van der Waals surface area contributed by atoms with Crippen LogP contribution < -0.4 is 10.6 Å². The van der Waals surface area contributed by atoms with Gasteiger partial charge in [-0.3, -0.25) is 4.79 Å². The molecule has 1 aliphatic heterocycles. The quantitative estimate of drug-likeness (QED) is 0.321. The molecule has 3 rings (SSSR count). The average molecular weight is 567 g/mol. The van der Waals surface area contributed by atoms with Crippen LogP contribution in [0.5, 0.6) is 0 Å². The van der Waals surface area contributed by atoms with E-state index in [1.165, 1.54) is 25.0 Å². The highest BCUT2D eigenvalue weighted by molar-refractivity contribution is 14.0. The largest absolute Gasteiger partial charge is 0.357 e. The summed E-state index contributed by atoms with van der Waals surface area (Å²) in [6.07, 6.45) is 5.37. The summed E-state index contributed by atoms with van der Waals surface area (Å²) in [6.45, 7) is 4.67. The number of carbonyl (C=O) groups excluding carboxylic acids is 1. The number of hydrogen-bond donors (Lipinski definition) is 2. The Hall–Kier alpha value is -0.900. The molecule has 156 valence electrons. The molecule has 0 aromatic heterocycles. The van der Waals surface area contributed by atoms with Gasteiger partial charge in [-0.2, -0.15) is 0 Å². The predicted octanol–water partition coefficient (Wildman–Crippen LogP) is 4.05. The number of rotatable bonds is 5. The van der Waals surface area contributed by atoms with Gasteiger partial charge in [0.2, 0.25) is 5.91 Å². The molecule has 1 saturated heterocycles. The lowest BCUT2D eigenvalue weighted by atomic mass is 10.1. The summed E-state index contributed by atoms with van der Waals surface area (Å²) in [7, 11) is 0. The standard InChI is InChI=1S/C20H28BrFN4O.HI/c1-2-23-20(24-12-15-11-16(22)7-8-18(15)21)25-17-9-10-26(13-17)19(27)14-5-3-4-6-14;/h7-8,11,14,17H,2-6,9-10,12-13H2,1H3,(H2,23,24,25);1H. The molecule has 2 N–H and O–H groups in total. The molecule has 8 heteroatoms. The molecule has 5 nitrogen and oxygen atoms in total. The number of nitrogens with zero attached hydrogens (tertiary/aromatic N) is 2. The van der Waals surface area contributed by atoms with Crippen LogP contribution in [0.3, 0.4) is 0 Å². The maximum atomic E-state index is 13.5. The second-order valence-corrected chi connectivity index (χ2v) is 8.18. The van der Waals surface area contributed by atoms with E-state index in [1.54, 1.807) is 6.07 Å². The number of benzene rings is 1. The third-order valence-electron chi connectivity index (χ3n) is 5.30. The van der Waals surface area contributed by atoms with Crippen LogP contribution >= 0.6 is 39.9 Å². The van der Waals surface area contributed by atoms with Crippen molar-refractivity contribution in [2.45, 2.75) is 51.6 Å². The lowest BCUT2D eigenvalue weighted by Gasteiger charge is -2.21. The zero-order valence-corrected chi connectivity index (χ0v) is 20.1. The summed E-state index contributed by atoms with van der Waals surface area (Å²) in [5.41, 5.74) is 0.802. The third-order valence-corrected chi connectivity index (χ3v) is 6.08. The molecule has 1 amide bonds. The van der Waals surface area contributed by atoms with E-state index in [2.05, 4.69) is 31.6 Å². The highest BCUT2D eigenvalue weighted by Gasteiger charge is 2.32. The zero-order chi connectivity index (χ0) is 19.2. The highest BCUT2D eigenvalue weighted by atomic mass is 127. The minimum Gasteiger partial charge on any atom is -0.357 e. The van der Waals surface area contributed by atoms with E-state index in [0.29, 0.717) is 18.4 Å². The average Bonchev–Trinajstić information content (AvgIpc) is 3.34. The van der Waals surface area contributed by atoms with Crippen molar-refractivity contribution in [3.05, 3.63) is 34.1 Å². The minimum absolute atomic E-state index is 0. The van der Waals surface area contributed by atoms with E-state index in [4.69, 9.17) is 0 Å². The molecule has 1 unspecified atom stereocenters. The number of halogens is 3. The first-order valence-corrected chi connectivity index (χ1v) is 10.6. The number of likely N-dealkylation sites (tertiary alicyclic amines) is 1. The summed E-state index contributed by atoms with van der Waals surface area (Å²) in [6, 6.07) is 4.82. The van der Waals surface area contributed by atoms with Crippen molar-refractivity contribution in [2.75, 3.05) is 19.6 Å². The van der Waals surface area contributed by atoms with Crippen LogP contribution in [0.25, 0.3) is 0 Å². The molecule has 0 radical (unpaired) electrons. The van der Waals surface area contributed by atoms with Gasteiger partial charge < -0.3 is 15.5 Å². The molecule has 0 bridgehead atoms. The van der Waals surface area contributed by atoms with Crippen LogP contribution in [0.15, 0.2) is 27.7 Å². The van der Waals surface area contributed by atoms with Gasteiger partial charge in [0, 0.05) is 36.1 Å². The van der Waals surface area contributed by atoms with Gasteiger partial charge in [0.25, 0.3) is 0 Å². The summed E-state index contributed by atoms with van der Waals surface area (Å²) >= 11 is 3.44. The van der Waals surface area contributed by atoms with Crippen molar-refractivity contribution in [2.24, 2.45) is 10.9 Å². The van der Waals surface area contributed by atoms with Gasteiger partial charge in [-0.1, -0.05) is 28.8 Å². The first kappa shape index (κ1) is 23.4. The monoisotopic (exact) mass is 566 g/mol. The summed E-state index contributed by atoms with van der Waals surface area (Å²) in [5, 5.41) is 6.67. The van der Waals surface area contributed by atoms with E-state index in [9.17, 15) is 9.18 Å². The van der Waals surface area contributed by atoms with Gasteiger partial charge in [-0.25, -0.2) is 9.38 Å². The number of guanidine groups is 1. The first-order chi connectivity index (χ1) is 13.1. The summed E-state index contributed by atoms with van der Waals surface area (Å²) in [5.74, 6) is 0.991. The van der Waals surface area contributed by atoms with E-state index in [-0.39, 0.29) is 41.8 Å². The lowest BCUT2D eigenvalue weighted by molar-refractivity contribution is -0.134. The van der Waals surface area contributed by atoms with Crippen molar-refractivity contribution in [3.63, 3.8) is 0 Å². The molecular formula is C20H29BrFIN4O. The Morgan fingerprint density at radius 3 is 2.79 bits per heavy atom. The van der Waals surface area contributed by atoms with Gasteiger partial charge in [-0.15, -0.1) is 24.0 Å². The molecule has 2 aliphatic rings. The van der Waals surface area contributed by atoms with E-state index in [0.717, 1.165) is 48.9 Å². The lowest BCUT2D eigenvalue weighted by Crippen LogP contribution is -2.45. The van der Waals surface area contributed by atoms with Crippen LogP contribution in [0.1, 0.15) is 44.6 Å². The maximum Gasteiger partial charge on any atom is 0.225 e. The van der Waals surface area contributed by atoms with Crippen LogP contribution in [0.4, 0.5) is 4.39 Å². The number of hydrogen-bond acceptors (Lipinski definition) is 2. The highest BCUT2D eigenvalue weighted by Crippen LogP contribution is 2.27. The van der Waals surface area contributed by atoms with Crippen molar-refractivity contribution in [3.8, 4) is 0 Å². The van der Waals surface area contributed by atoms with Crippen molar-refractivity contribution >= 4 is 51.8 Å². The smallest absolute Gasteiger partial charge is 0.225 e. The van der Waals surface area contributed by atoms with Crippen LogP contribution in [-0.4, -0.2) is 42.4 Å². The Bertz CT molecular complexity index is 697. The van der Waals surface area contributed by atoms with E-state index < -0.39 is 0 Å². The SMILES string of the molecule is CCNC(=NCc1cc(F)ccc1Br)NC1CCN(C(=O)C2CCCC2)C1.I. The molecule has 1 aromatic rings. The maximum absolute atomic E-state index is 13.5. The molecule has 28 heavy (non-hydrogen) atoms. The Labute approximate surface area is 192 Å². The van der Waals surface area contributed by atoms with Crippen molar-refractivity contribution < 1.29 is 9.18 Å². The number of carbonyl (C=O) groups is 1. The number of aliphatic imine (C=N–C) groups is 1. The Morgan fingerprint density at radius 1 is 1.32 bits per heavy atom. The first-order valence-electron chi connectivity index (χ1n) is 9.84. The van der Waals surface area contributed by atoms with Gasteiger partial charge in [-0.05, 0) is 49.9 Å². The molecule has 1 saturated carbocycles.